The van der Waals surface area contributed by atoms with Crippen molar-refractivity contribution >= 4 is 22.4 Å². The van der Waals surface area contributed by atoms with Crippen molar-refractivity contribution in [3.05, 3.63) is 71.4 Å². The zero-order valence-electron chi connectivity index (χ0n) is 12.2. The molecule has 0 unspecified atom stereocenters. The van der Waals surface area contributed by atoms with E-state index in [1.165, 1.54) is 0 Å². The fourth-order valence-electron chi connectivity index (χ4n) is 2.23. The second kappa shape index (κ2) is 6.08. The predicted octanol–water partition coefficient (Wildman–Crippen LogP) is 2.31. The molecule has 0 bridgehead atoms. The molecular weight excluding hydrogens is 288 g/mol. The molecule has 0 saturated carbocycles. The minimum atomic E-state index is 0.0620. The molecule has 0 spiro atoms. The van der Waals surface area contributed by atoms with Crippen LogP contribution in [0.15, 0.2) is 59.9 Å². The van der Waals surface area contributed by atoms with Gasteiger partial charge in [0.05, 0.1) is 5.56 Å². The Labute approximate surface area is 133 Å². The van der Waals surface area contributed by atoms with Crippen molar-refractivity contribution in [3.63, 3.8) is 0 Å². The number of amidine groups is 1. The van der Waals surface area contributed by atoms with Crippen LogP contribution in [0.1, 0.15) is 16.7 Å². The summed E-state index contributed by atoms with van der Waals surface area (Å²) in [4.78, 5) is 4.18. The van der Waals surface area contributed by atoms with E-state index in [0.717, 1.165) is 16.3 Å². The largest absolute Gasteiger partial charge is 0.409 e. The molecule has 5 N–H and O–H groups in total. The summed E-state index contributed by atoms with van der Waals surface area (Å²) in [6, 6.07) is 14.9. The van der Waals surface area contributed by atoms with E-state index in [1.54, 1.807) is 30.5 Å². The number of pyridine rings is 1. The van der Waals surface area contributed by atoms with Crippen LogP contribution in [0.5, 0.6) is 0 Å². The first-order valence-corrected chi connectivity index (χ1v) is 6.92. The van der Waals surface area contributed by atoms with Crippen LogP contribution < -0.4 is 11.5 Å². The van der Waals surface area contributed by atoms with Crippen LogP contribution in [0.25, 0.3) is 10.8 Å². The molecular formula is C18H14N4O. The van der Waals surface area contributed by atoms with E-state index in [0.29, 0.717) is 16.9 Å². The van der Waals surface area contributed by atoms with Crippen molar-refractivity contribution in [3.8, 4) is 11.8 Å². The van der Waals surface area contributed by atoms with Crippen LogP contribution in [-0.2, 0) is 0 Å². The highest BCUT2D eigenvalue weighted by atomic mass is 16.4. The van der Waals surface area contributed by atoms with Gasteiger partial charge in [0.1, 0.15) is 5.82 Å². The maximum atomic E-state index is 8.65. The summed E-state index contributed by atoms with van der Waals surface area (Å²) in [6.07, 6.45) is 1.74. The monoisotopic (exact) mass is 302 g/mol. The zero-order chi connectivity index (χ0) is 16.2. The van der Waals surface area contributed by atoms with Crippen molar-refractivity contribution in [1.82, 2.24) is 4.98 Å². The van der Waals surface area contributed by atoms with E-state index in [9.17, 15) is 0 Å². The van der Waals surface area contributed by atoms with Crippen molar-refractivity contribution in [2.24, 2.45) is 10.9 Å². The molecule has 1 aromatic heterocycles. The molecule has 0 fully saturated rings. The second-order valence-corrected chi connectivity index (χ2v) is 4.92. The van der Waals surface area contributed by atoms with Crippen LogP contribution in [0.4, 0.5) is 5.82 Å². The highest BCUT2D eigenvalue weighted by Crippen LogP contribution is 2.21. The van der Waals surface area contributed by atoms with E-state index < -0.39 is 0 Å². The Morgan fingerprint density at radius 1 is 1.04 bits per heavy atom. The quantitative estimate of drug-likeness (QED) is 0.211. The number of fused-ring (bicyclic) bond motifs is 1. The number of rotatable bonds is 1. The number of hydrogen-bond acceptors (Lipinski definition) is 4. The molecule has 3 rings (SSSR count). The van der Waals surface area contributed by atoms with E-state index in [1.807, 2.05) is 24.3 Å². The van der Waals surface area contributed by atoms with Gasteiger partial charge in [0.25, 0.3) is 0 Å². The summed E-state index contributed by atoms with van der Waals surface area (Å²) in [5, 5.41) is 13.6. The SMILES string of the molecule is N/C(=N/O)c1ccc(C#Cc2c(N)ncc3ccccc23)cc1. The third-order valence-corrected chi connectivity index (χ3v) is 3.45. The lowest BCUT2D eigenvalue weighted by Gasteiger charge is -2.03. The number of nitrogen functional groups attached to an aromatic ring is 1. The molecule has 0 aliphatic carbocycles. The number of oxime groups is 1. The molecule has 0 atom stereocenters. The minimum Gasteiger partial charge on any atom is -0.409 e. The molecule has 2 aromatic carbocycles. The second-order valence-electron chi connectivity index (χ2n) is 4.92. The Balaban J connectivity index is 2.01. The molecule has 0 amide bonds. The van der Waals surface area contributed by atoms with Gasteiger partial charge in [0.2, 0.25) is 0 Å². The van der Waals surface area contributed by atoms with Gasteiger partial charge >= 0.3 is 0 Å². The lowest BCUT2D eigenvalue weighted by Crippen LogP contribution is -2.12. The third-order valence-electron chi connectivity index (χ3n) is 3.45. The first-order valence-electron chi connectivity index (χ1n) is 6.92. The Morgan fingerprint density at radius 3 is 2.52 bits per heavy atom. The van der Waals surface area contributed by atoms with Gasteiger partial charge in [-0.15, -0.1) is 0 Å². The Morgan fingerprint density at radius 2 is 1.78 bits per heavy atom. The highest BCUT2D eigenvalue weighted by molar-refractivity contribution is 5.97. The summed E-state index contributed by atoms with van der Waals surface area (Å²) >= 11 is 0. The van der Waals surface area contributed by atoms with Crippen molar-refractivity contribution in [2.45, 2.75) is 0 Å². The van der Waals surface area contributed by atoms with Crippen LogP contribution in [0, 0.1) is 11.8 Å². The summed E-state index contributed by atoms with van der Waals surface area (Å²) in [5.74, 6) is 6.62. The van der Waals surface area contributed by atoms with Crippen molar-refractivity contribution in [2.75, 3.05) is 5.73 Å². The summed E-state index contributed by atoms with van der Waals surface area (Å²) < 4.78 is 0. The minimum absolute atomic E-state index is 0.0620. The molecule has 0 saturated heterocycles. The van der Waals surface area contributed by atoms with Crippen LogP contribution in [-0.4, -0.2) is 16.0 Å². The van der Waals surface area contributed by atoms with E-state index in [2.05, 4.69) is 22.0 Å². The van der Waals surface area contributed by atoms with Gasteiger partial charge in [-0.25, -0.2) is 4.98 Å². The first kappa shape index (κ1) is 14.4. The van der Waals surface area contributed by atoms with Gasteiger partial charge in [0, 0.05) is 28.1 Å². The summed E-state index contributed by atoms with van der Waals surface area (Å²) in [5.41, 5.74) is 13.6. The van der Waals surface area contributed by atoms with Crippen LogP contribution >= 0.6 is 0 Å². The van der Waals surface area contributed by atoms with E-state index >= 15 is 0 Å². The molecule has 5 heteroatoms. The maximum Gasteiger partial charge on any atom is 0.170 e. The number of nitrogens with zero attached hydrogens (tertiary/aromatic N) is 2. The van der Waals surface area contributed by atoms with E-state index in [-0.39, 0.29) is 5.84 Å². The Kier molecular flexibility index (Phi) is 3.81. The fraction of sp³-hybridized carbons (Fsp3) is 0. The molecule has 3 aromatic rings. The molecule has 1 heterocycles. The lowest BCUT2D eigenvalue weighted by molar-refractivity contribution is 0.318. The number of nitrogens with two attached hydrogens (primary N) is 2. The van der Waals surface area contributed by atoms with Gasteiger partial charge in [0.15, 0.2) is 5.84 Å². The van der Waals surface area contributed by atoms with Crippen molar-refractivity contribution in [1.29, 1.82) is 0 Å². The lowest BCUT2D eigenvalue weighted by atomic mass is 10.1. The number of benzene rings is 2. The van der Waals surface area contributed by atoms with E-state index in [4.69, 9.17) is 16.7 Å². The van der Waals surface area contributed by atoms with Gasteiger partial charge in [-0.05, 0) is 24.3 Å². The maximum absolute atomic E-state index is 8.65. The van der Waals surface area contributed by atoms with Gasteiger partial charge in [-0.2, -0.15) is 0 Å². The molecule has 112 valence electrons. The highest BCUT2D eigenvalue weighted by Gasteiger charge is 2.03. The van der Waals surface area contributed by atoms with Gasteiger partial charge in [-0.1, -0.05) is 41.3 Å². The summed E-state index contributed by atoms with van der Waals surface area (Å²) in [7, 11) is 0. The third kappa shape index (κ3) is 2.92. The average molecular weight is 302 g/mol. The molecule has 0 radical (unpaired) electrons. The topological polar surface area (TPSA) is 97.5 Å². The number of aromatic nitrogens is 1. The smallest absolute Gasteiger partial charge is 0.170 e. The first-order chi connectivity index (χ1) is 11.2. The normalized spacial score (nSPS) is 11.0. The number of hydrogen-bond donors (Lipinski definition) is 3. The molecule has 0 aliphatic heterocycles. The van der Waals surface area contributed by atoms with Gasteiger partial charge < -0.3 is 16.7 Å². The summed E-state index contributed by atoms with van der Waals surface area (Å²) in [6.45, 7) is 0. The Bertz CT molecular complexity index is 950. The predicted molar refractivity (Wildman–Crippen MR) is 91.1 cm³/mol. The molecule has 0 aliphatic rings. The standard InChI is InChI=1S/C18H14N4O/c19-17(22-23)13-8-5-12(6-9-13)7-10-16-15-4-2-1-3-14(15)11-21-18(16)20/h1-6,8-9,11,23H,(H2,19,22)(H2,20,21). The number of anilines is 1. The van der Waals surface area contributed by atoms with Crippen LogP contribution in [0.3, 0.4) is 0 Å². The average Bonchev–Trinajstić information content (AvgIpc) is 2.60. The van der Waals surface area contributed by atoms with Crippen molar-refractivity contribution < 1.29 is 5.21 Å². The molecule has 5 nitrogen and oxygen atoms in total. The Hall–Kier alpha value is -3.52. The van der Waals surface area contributed by atoms with Gasteiger partial charge in [-0.3, -0.25) is 0 Å². The zero-order valence-corrected chi connectivity index (χ0v) is 12.2. The fourth-order valence-corrected chi connectivity index (χ4v) is 2.23. The molecule has 23 heavy (non-hydrogen) atoms. The van der Waals surface area contributed by atoms with Crippen LogP contribution in [0.2, 0.25) is 0 Å².